The van der Waals surface area contributed by atoms with Crippen LogP contribution in [0.2, 0.25) is 0 Å². The van der Waals surface area contributed by atoms with Gasteiger partial charge in [0.25, 0.3) is 0 Å². The van der Waals surface area contributed by atoms with Crippen molar-refractivity contribution < 1.29 is 14.0 Å². The molecule has 1 aromatic carbocycles. The molecular weight excluding hydrogens is 356 g/mol. The molecule has 28 heavy (non-hydrogen) atoms. The quantitative estimate of drug-likeness (QED) is 0.561. The third-order valence-electron chi connectivity index (χ3n) is 4.65. The smallest absolute Gasteiger partial charge is 0.191 e. The molecule has 1 unspecified atom stereocenters. The molecule has 1 atom stereocenters. The van der Waals surface area contributed by atoms with Crippen LogP contribution in [0, 0.1) is 0 Å². The zero-order valence-electron chi connectivity index (χ0n) is 17.3. The number of nitrogens with one attached hydrogen (secondary N) is 2. The van der Waals surface area contributed by atoms with Gasteiger partial charge in [0.1, 0.15) is 17.6 Å². The lowest BCUT2D eigenvalue weighted by molar-refractivity contribution is 0.254. The molecule has 0 radical (unpaired) electrons. The van der Waals surface area contributed by atoms with E-state index in [4.69, 9.17) is 19.0 Å². The number of aromatic nitrogens is 1. The second-order valence-corrected chi connectivity index (χ2v) is 7.33. The summed E-state index contributed by atoms with van der Waals surface area (Å²) in [6, 6.07) is 6.07. The highest BCUT2D eigenvalue weighted by atomic mass is 16.5. The minimum Gasteiger partial charge on any atom is -0.496 e. The number of hydrogen-bond acceptors (Lipinski definition) is 5. The summed E-state index contributed by atoms with van der Waals surface area (Å²) in [5.41, 5.74) is 3.14. The van der Waals surface area contributed by atoms with E-state index in [1.807, 2.05) is 19.1 Å². The minimum absolute atomic E-state index is 0.204. The topological polar surface area (TPSA) is 80.9 Å². The number of fused-ring (bicyclic) bond motifs is 1. The van der Waals surface area contributed by atoms with E-state index in [1.165, 1.54) is 5.56 Å². The van der Waals surface area contributed by atoms with E-state index in [-0.39, 0.29) is 6.10 Å². The lowest BCUT2D eigenvalue weighted by atomic mass is 10.1. The summed E-state index contributed by atoms with van der Waals surface area (Å²) in [7, 11) is 1.69. The van der Waals surface area contributed by atoms with Crippen molar-refractivity contribution in [2.24, 2.45) is 4.99 Å². The Morgan fingerprint density at radius 1 is 1.32 bits per heavy atom. The van der Waals surface area contributed by atoms with Crippen molar-refractivity contribution >= 4 is 5.96 Å². The molecule has 7 nitrogen and oxygen atoms in total. The fourth-order valence-corrected chi connectivity index (χ4v) is 3.16. The molecule has 1 aliphatic rings. The van der Waals surface area contributed by atoms with Crippen molar-refractivity contribution in [1.82, 2.24) is 15.8 Å². The van der Waals surface area contributed by atoms with Crippen LogP contribution < -0.4 is 20.1 Å². The third-order valence-corrected chi connectivity index (χ3v) is 4.65. The second-order valence-electron chi connectivity index (χ2n) is 7.33. The lowest BCUT2D eigenvalue weighted by Gasteiger charge is -2.12. The van der Waals surface area contributed by atoms with Gasteiger partial charge in [0.05, 0.1) is 25.9 Å². The molecular formula is C21H30N4O3. The molecule has 0 bridgehead atoms. The van der Waals surface area contributed by atoms with Gasteiger partial charge in [-0.2, -0.15) is 0 Å². The SMILES string of the molecule is CCNC(=NCc1cc2c(cc1OC)CC(C)O2)NCc1cc(C(C)C)no1. The molecule has 1 aliphatic heterocycles. The average molecular weight is 386 g/mol. The van der Waals surface area contributed by atoms with E-state index in [9.17, 15) is 0 Å². The van der Waals surface area contributed by atoms with E-state index < -0.39 is 0 Å². The fraction of sp³-hybridized carbons (Fsp3) is 0.524. The minimum atomic E-state index is 0.204. The van der Waals surface area contributed by atoms with Crippen LogP contribution in [0.4, 0.5) is 0 Å². The van der Waals surface area contributed by atoms with Crippen LogP contribution in [-0.4, -0.2) is 30.9 Å². The number of ether oxygens (including phenoxy) is 2. The molecule has 2 aromatic rings. The molecule has 0 saturated heterocycles. The van der Waals surface area contributed by atoms with Crippen molar-refractivity contribution in [1.29, 1.82) is 0 Å². The maximum atomic E-state index is 5.87. The first kappa shape index (κ1) is 20.0. The summed E-state index contributed by atoms with van der Waals surface area (Å²) in [6.07, 6.45) is 1.12. The Morgan fingerprint density at radius 2 is 2.14 bits per heavy atom. The maximum Gasteiger partial charge on any atom is 0.191 e. The molecule has 1 aromatic heterocycles. The molecule has 0 saturated carbocycles. The van der Waals surface area contributed by atoms with Crippen molar-refractivity contribution in [3.63, 3.8) is 0 Å². The first-order valence-corrected chi connectivity index (χ1v) is 9.84. The predicted molar refractivity (Wildman–Crippen MR) is 109 cm³/mol. The Hall–Kier alpha value is -2.70. The van der Waals surface area contributed by atoms with E-state index in [0.29, 0.717) is 25.0 Å². The van der Waals surface area contributed by atoms with Gasteiger partial charge >= 0.3 is 0 Å². The summed E-state index contributed by atoms with van der Waals surface area (Å²) in [6.45, 7) is 10.1. The number of aliphatic imine (C=N–C) groups is 1. The molecule has 3 rings (SSSR count). The van der Waals surface area contributed by atoms with Gasteiger partial charge in [0, 0.05) is 30.2 Å². The van der Waals surface area contributed by atoms with Crippen LogP contribution in [-0.2, 0) is 19.5 Å². The summed E-state index contributed by atoms with van der Waals surface area (Å²) in [4.78, 5) is 4.69. The number of nitrogens with zero attached hydrogens (tertiary/aromatic N) is 2. The van der Waals surface area contributed by atoms with Crippen LogP contribution in [0.15, 0.2) is 27.7 Å². The van der Waals surface area contributed by atoms with Crippen molar-refractivity contribution in [3.05, 3.63) is 40.8 Å². The first-order chi connectivity index (χ1) is 13.5. The van der Waals surface area contributed by atoms with Gasteiger partial charge in [0.15, 0.2) is 11.7 Å². The van der Waals surface area contributed by atoms with Crippen LogP contribution in [0.5, 0.6) is 11.5 Å². The molecule has 0 aliphatic carbocycles. The van der Waals surface area contributed by atoms with Gasteiger partial charge in [-0.15, -0.1) is 0 Å². The number of benzene rings is 1. The van der Waals surface area contributed by atoms with E-state index >= 15 is 0 Å². The highest BCUT2D eigenvalue weighted by molar-refractivity contribution is 5.79. The van der Waals surface area contributed by atoms with Crippen molar-refractivity contribution in [2.45, 2.75) is 59.2 Å². The van der Waals surface area contributed by atoms with Crippen molar-refractivity contribution in [3.8, 4) is 11.5 Å². The maximum absolute atomic E-state index is 5.87. The summed E-state index contributed by atoms with van der Waals surface area (Å²) >= 11 is 0. The van der Waals surface area contributed by atoms with Crippen LogP contribution in [0.1, 0.15) is 56.2 Å². The van der Waals surface area contributed by atoms with Gasteiger partial charge in [-0.3, -0.25) is 0 Å². The molecule has 0 fully saturated rings. The standard InChI is InChI=1S/C21H30N4O3/c1-6-22-21(24-12-17-10-18(13(2)3)25-28-17)23-11-16-9-20-15(7-14(4)27-20)8-19(16)26-5/h8-10,13-14H,6-7,11-12H2,1-5H3,(H2,22,23,24). The average Bonchev–Trinajstić information content (AvgIpc) is 3.28. The molecule has 152 valence electrons. The first-order valence-electron chi connectivity index (χ1n) is 9.84. The highest BCUT2D eigenvalue weighted by Gasteiger charge is 2.21. The third kappa shape index (κ3) is 4.77. The Bertz CT molecular complexity index is 829. The van der Waals surface area contributed by atoms with Crippen molar-refractivity contribution in [2.75, 3.05) is 13.7 Å². The summed E-state index contributed by atoms with van der Waals surface area (Å²) < 4.78 is 16.8. The zero-order valence-corrected chi connectivity index (χ0v) is 17.3. The zero-order chi connectivity index (χ0) is 20.1. The normalized spacial score (nSPS) is 16.1. The van der Waals surface area contributed by atoms with Crippen LogP contribution >= 0.6 is 0 Å². The Morgan fingerprint density at radius 3 is 2.82 bits per heavy atom. The van der Waals surface area contributed by atoms with Gasteiger partial charge in [-0.05, 0) is 31.9 Å². The molecule has 2 N–H and O–H groups in total. The molecule has 7 heteroatoms. The summed E-state index contributed by atoms with van der Waals surface area (Å²) in [5.74, 6) is 3.61. The second kappa shape index (κ2) is 8.99. The van der Waals surface area contributed by atoms with Gasteiger partial charge in [0.2, 0.25) is 0 Å². The predicted octanol–water partition coefficient (Wildman–Crippen LogP) is 3.39. The Balaban J connectivity index is 1.69. The number of rotatable bonds is 7. The largest absolute Gasteiger partial charge is 0.496 e. The van der Waals surface area contributed by atoms with E-state index in [1.54, 1.807) is 7.11 Å². The van der Waals surface area contributed by atoms with Gasteiger partial charge in [-0.25, -0.2) is 4.99 Å². The van der Waals surface area contributed by atoms with Gasteiger partial charge in [-0.1, -0.05) is 19.0 Å². The molecule has 0 amide bonds. The number of guanidine groups is 1. The Labute approximate surface area is 166 Å². The fourth-order valence-electron chi connectivity index (χ4n) is 3.16. The van der Waals surface area contributed by atoms with Crippen LogP contribution in [0.3, 0.4) is 0 Å². The lowest BCUT2D eigenvalue weighted by Crippen LogP contribution is -2.36. The van der Waals surface area contributed by atoms with E-state index in [2.05, 4.69) is 42.6 Å². The van der Waals surface area contributed by atoms with E-state index in [0.717, 1.165) is 41.5 Å². The van der Waals surface area contributed by atoms with Crippen LogP contribution in [0.25, 0.3) is 0 Å². The monoisotopic (exact) mass is 386 g/mol. The number of methoxy groups -OCH3 is 1. The molecule has 2 heterocycles. The molecule has 0 spiro atoms. The highest BCUT2D eigenvalue weighted by Crippen LogP contribution is 2.35. The Kier molecular flexibility index (Phi) is 6.44. The van der Waals surface area contributed by atoms with Gasteiger partial charge < -0.3 is 24.6 Å². The number of hydrogen-bond donors (Lipinski definition) is 2. The summed E-state index contributed by atoms with van der Waals surface area (Å²) in [5, 5.41) is 10.6.